The Kier molecular flexibility index (Phi) is 10.9. The summed E-state index contributed by atoms with van der Waals surface area (Å²) in [4.78, 5) is 0. The minimum Gasteiger partial charge on any atom is -0.308 e. The fraction of sp³-hybridized carbons (Fsp3) is 0.432. The summed E-state index contributed by atoms with van der Waals surface area (Å²) in [6.07, 6.45) is 0. The van der Waals surface area contributed by atoms with Gasteiger partial charge in [-0.1, -0.05) is 251 Å². The van der Waals surface area contributed by atoms with E-state index in [1.165, 1.54) is 143 Å². The lowest BCUT2D eigenvalue weighted by Gasteiger charge is -2.26. The average Bonchev–Trinajstić information content (AvgIpc) is 4.16. The zero-order chi connectivity index (χ0) is 55.5. The summed E-state index contributed by atoms with van der Waals surface area (Å²) < 4.78 is 5.55. The molecule has 0 radical (unpaired) electrons. The topological polar surface area (TPSA) is 8.82 Å². The van der Waals surface area contributed by atoms with E-state index in [9.17, 15) is 0 Å². The lowest BCUT2D eigenvalue weighted by atomic mass is 9.78. The summed E-state index contributed by atoms with van der Waals surface area (Å²) >= 11 is 0. The molecule has 0 bridgehead atoms. The van der Waals surface area contributed by atoms with Crippen molar-refractivity contribution in [2.24, 2.45) is 0 Å². The Labute approximate surface area is 456 Å². The minimum atomic E-state index is -0.130. The van der Waals surface area contributed by atoms with Gasteiger partial charge in [-0.3, -0.25) is 0 Å². The van der Waals surface area contributed by atoms with Crippen LogP contribution in [0.5, 0.6) is 0 Å². The Bertz CT molecular complexity index is 3850. The van der Waals surface area contributed by atoms with Crippen molar-refractivity contribution in [3.63, 3.8) is 0 Å². The maximum absolute atomic E-state index is 2.77. The number of rotatable bonds is 2. The number of benzene rings is 7. The second-order valence-electron chi connectivity index (χ2n) is 31.7. The molecule has 0 fully saturated rings. The van der Waals surface area contributed by atoms with Crippen molar-refractivity contribution in [3.05, 3.63) is 142 Å². The largest absolute Gasteiger partial charge is 0.308 e. The lowest BCUT2D eigenvalue weighted by molar-refractivity contribution is 0.568. The molecule has 394 valence electrons. The van der Waals surface area contributed by atoms with Gasteiger partial charge in [0.25, 0.3) is 0 Å². The van der Waals surface area contributed by atoms with Gasteiger partial charge in [0, 0.05) is 43.1 Å². The molecule has 4 heterocycles. The molecule has 0 saturated carbocycles. The first kappa shape index (κ1) is 52.2. The fourth-order valence-electron chi connectivity index (χ4n) is 13.0. The van der Waals surface area contributed by atoms with E-state index >= 15 is 0 Å². The Morgan fingerprint density at radius 3 is 0.763 bits per heavy atom. The van der Waals surface area contributed by atoms with Gasteiger partial charge in [-0.25, -0.2) is 0 Å². The average molecular weight is 1010 g/mol. The first-order valence-electron chi connectivity index (χ1n) is 28.6. The Hall–Kier alpha value is -5.86. The summed E-state index contributed by atoms with van der Waals surface area (Å²) in [5.41, 5.74) is 23.7. The molecule has 0 aliphatic heterocycles. The highest BCUT2D eigenvalue weighted by molar-refractivity contribution is 6.46. The van der Waals surface area contributed by atoms with Gasteiger partial charge in [-0.2, -0.15) is 0 Å². The van der Waals surface area contributed by atoms with Gasteiger partial charge < -0.3 is 8.80 Å². The van der Waals surface area contributed by atoms with Gasteiger partial charge in [0.2, 0.25) is 0 Å². The highest BCUT2D eigenvalue weighted by Crippen LogP contribution is 2.57. The molecule has 7 aromatic carbocycles. The molecule has 4 aromatic heterocycles. The van der Waals surface area contributed by atoms with E-state index in [1.807, 2.05) is 0 Å². The predicted octanol–water partition coefficient (Wildman–Crippen LogP) is 21.7. The maximum atomic E-state index is 2.77. The molecule has 0 aliphatic rings. The third kappa shape index (κ3) is 7.82. The summed E-state index contributed by atoms with van der Waals surface area (Å²) in [5.74, 6) is 0. The second kappa shape index (κ2) is 15.9. The van der Waals surface area contributed by atoms with Gasteiger partial charge >= 0.3 is 0 Å². The predicted molar refractivity (Wildman–Crippen MR) is 336 cm³/mol. The van der Waals surface area contributed by atoms with Crippen molar-refractivity contribution in [1.82, 2.24) is 8.80 Å². The quantitative estimate of drug-likeness (QED) is 0.163. The van der Waals surface area contributed by atoms with Crippen molar-refractivity contribution in [1.29, 1.82) is 0 Å². The zero-order valence-electron chi connectivity index (χ0n) is 51.1. The van der Waals surface area contributed by atoms with Crippen LogP contribution in [0.3, 0.4) is 0 Å². The highest BCUT2D eigenvalue weighted by Gasteiger charge is 2.37. The number of aromatic nitrogens is 2. The summed E-state index contributed by atoms with van der Waals surface area (Å²) in [6, 6.07) is 39.8. The van der Waals surface area contributed by atoms with Crippen molar-refractivity contribution in [3.8, 4) is 22.3 Å². The van der Waals surface area contributed by atoms with Gasteiger partial charge in [-0.15, -0.1) is 0 Å². The van der Waals surface area contributed by atoms with E-state index in [0.717, 1.165) is 0 Å². The smallest absolute Gasteiger partial charge is 0.0634 e. The molecule has 0 atom stereocenters. The molecule has 0 N–H and O–H groups in total. The second-order valence-corrected chi connectivity index (χ2v) is 31.7. The van der Waals surface area contributed by atoms with Crippen LogP contribution in [0.25, 0.3) is 98.4 Å². The Morgan fingerprint density at radius 1 is 0.224 bits per heavy atom. The molecule has 0 saturated heterocycles. The SMILES string of the molecule is CC(C)(C)c1cc(-c2ccc3c4c5c6c(C(C)(C)C)ccc(C(C)(C)C)c6n6c7cc(-c8cc(C(C)(C)C)cc(C(C)(C)C)c8)ccc7c(c7c8c(C(C)(C)C)ccc(C(C)(C)C)c8n(c3c2)c47)c56)cc(C(C)(C)C)c1. The first-order valence-corrected chi connectivity index (χ1v) is 28.6. The van der Waals surface area contributed by atoms with Crippen molar-refractivity contribution in [2.75, 3.05) is 0 Å². The van der Waals surface area contributed by atoms with Crippen LogP contribution >= 0.6 is 0 Å². The molecule has 2 heteroatoms. The van der Waals surface area contributed by atoms with E-state index in [-0.39, 0.29) is 43.3 Å². The molecular weight excluding hydrogens is 917 g/mol. The molecule has 0 spiro atoms. The molecule has 0 unspecified atom stereocenters. The third-order valence-electron chi connectivity index (χ3n) is 17.4. The number of hydrogen-bond acceptors (Lipinski definition) is 0. The Balaban J connectivity index is 1.45. The first-order chi connectivity index (χ1) is 34.8. The number of hydrogen-bond donors (Lipinski definition) is 0. The van der Waals surface area contributed by atoms with Crippen LogP contribution in [-0.2, 0) is 43.3 Å². The molecule has 11 rings (SSSR count). The van der Waals surface area contributed by atoms with E-state index in [2.05, 4.69) is 272 Å². The summed E-state index contributed by atoms with van der Waals surface area (Å²) in [5, 5.41) is 11.0. The highest BCUT2D eigenvalue weighted by atomic mass is 15.0. The molecule has 0 amide bonds. The molecular formula is C74H88N2. The van der Waals surface area contributed by atoms with Crippen LogP contribution < -0.4 is 0 Å². The molecule has 2 nitrogen and oxygen atoms in total. The van der Waals surface area contributed by atoms with E-state index in [4.69, 9.17) is 0 Å². The van der Waals surface area contributed by atoms with Crippen molar-refractivity contribution in [2.45, 2.75) is 209 Å². The van der Waals surface area contributed by atoms with Crippen LogP contribution in [0.4, 0.5) is 0 Å². The Morgan fingerprint density at radius 2 is 0.500 bits per heavy atom. The summed E-state index contributed by atoms with van der Waals surface area (Å²) in [7, 11) is 0. The van der Waals surface area contributed by atoms with Crippen LogP contribution in [-0.4, -0.2) is 8.80 Å². The monoisotopic (exact) mass is 1000 g/mol. The normalized spacial score (nSPS) is 14.3. The van der Waals surface area contributed by atoms with Crippen LogP contribution in [0, 0.1) is 0 Å². The van der Waals surface area contributed by atoms with E-state index in [0.29, 0.717) is 0 Å². The third-order valence-corrected chi connectivity index (χ3v) is 17.4. The van der Waals surface area contributed by atoms with Crippen LogP contribution in [0.2, 0.25) is 0 Å². The standard InChI is InChI=1S/C74H88N2/c1-67(2,3)45-33-43(34-46(39-45)68(4,5)6)41-25-27-49-55(37-41)75-63-53(73(19,20)21)31-29-51(71(13,14)15)59(63)62-58-50-28-26-42(44-35-47(69(7,8)9)40-48(36-44)70(10,11)12)38-56(50)76-64-54(74(22,23)24)32-30-52(72(16,17)18)60(64)61(66(58)76)57(49)65(62)75/h25-40H,1-24H3. The van der Waals surface area contributed by atoms with Gasteiger partial charge in [0.1, 0.15) is 0 Å². The van der Waals surface area contributed by atoms with Gasteiger partial charge in [0.15, 0.2) is 0 Å². The zero-order valence-corrected chi connectivity index (χ0v) is 51.1. The molecule has 0 aliphatic carbocycles. The maximum Gasteiger partial charge on any atom is 0.0634 e. The van der Waals surface area contributed by atoms with Crippen molar-refractivity contribution >= 4 is 76.2 Å². The summed E-state index contributed by atoms with van der Waals surface area (Å²) in [6.45, 7) is 57.3. The number of nitrogens with zero attached hydrogens (tertiary/aromatic N) is 2. The van der Waals surface area contributed by atoms with E-state index < -0.39 is 0 Å². The van der Waals surface area contributed by atoms with Crippen molar-refractivity contribution < 1.29 is 0 Å². The number of fused-ring (bicyclic) bond motifs is 14. The van der Waals surface area contributed by atoms with Gasteiger partial charge in [-0.05, 0) is 122 Å². The van der Waals surface area contributed by atoms with Gasteiger partial charge in [0.05, 0.1) is 33.1 Å². The van der Waals surface area contributed by atoms with E-state index in [1.54, 1.807) is 0 Å². The fourth-order valence-corrected chi connectivity index (χ4v) is 13.0. The minimum absolute atomic E-state index is 0.000269. The lowest BCUT2D eigenvalue weighted by Crippen LogP contribution is -2.16. The molecule has 11 aromatic rings. The van der Waals surface area contributed by atoms with Crippen LogP contribution in [0.15, 0.2) is 97.1 Å². The molecule has 76 heavy (non-hydrogen) atoms. The van der Waals surface area contributed by atoms with Crippen LogP contribution in [0.1, 0.15) is 211 Å².